The summed E-state index contributed by atoms with van der Waals surface area (Å²) < 4.78 is 0. The summed E-state index contributed by atoms with van der Waals surface area (Å²) in [7, 11) is 0. The summed E-state index contributed by atoms with van der Waals surface area (Å²) in [6, 6.07) is 8.33. The van der Waals surface area contributed by atoms with E-state index >= 15 is 0 Å². The minimum absolute atomic E-state index is 0.227. The zero-order valence-corrected chi connectivity index (χ0v) is 9.50. The summed E-state index contributed by atoms with van der Waals surface area (Å²) in [5.74, 6) is 0.227. The molecule has 0 radical (unpaired) electrons. The Bertz CT molecular complexity index is 438. The Morgan fingerprint density at radius 3 is 2.60 bits per heavy atom. The smallest absolute Gasteiger partial charge is 0.139 e. The number of fused-ring (bicyclic) bond motifs is 1. The predicted octanol–water partition coefficient (Wildman–Crippen LogP) is 3.24. The molecule has 0 spiro atoms. The monoisotopic (exact) mass is 200 g/mol. The molecule has 78 valence electrons. The van der Waals surface area contributed by atoms with Crippen molar-refractivity contribution in [1.29, 1.82) is 0 Å². The Balaban J connectivity index is 2.47. The second kappa shape index (κ2) is 3.34. The fourth-order valence-corrected chi connectivity index (χ4v) is 2.06. The zero-order chi connectivity index (χ0) is 11.1. The van der Waals surface area contributed by atoms with E-state index in [1.807, 2.05) is 19.9 Å². The number of hydrogen-bond donors (Lipinski definition) is 0. The van der Waals surface area contributed by atoms with Crippen molar-refractivity contribution in [3.05, 3.63) is 41.5 Å². The van der Waals surface area contributed by atoms with Crippen LogP contribution in [0.2, 0.25) is 0 Å². The molecule has 0 atom stereocenters. The van der Waals surface area contributed by atoms with Gasteiger partial charge in [0.25, 0.3) is 0 Å². The zero-order valence-electron chi connectivity index (χ0n) is 9.50. The van der Waals surface area contributed by atoms with E-state index in [1.165, 1.54) is 16.7 Å². The molecule has 15 heavy (non-hydrogen) atoms. The van der Waals surface area contributed by atoms with E-state index in [1.54, 1.807) is 6.92 Å². The third-order valence-corrected chi connectivity index (χ3v) is 3.39. The molecule has 0 saturated carbocycles. The van der Waals surface area contributed by atoms with Gasteiger partial charge in [-0.05, 0) is 43.9 Å². The van der Waals surface area contributed by atoms with E-state index in [9.17, 15) is 4.79 Å². The van der Waals surface area contributed by atoms with E-state index in [0.29, 0.717) is 0 Å². The van der Waals surface area contributed by atoms with Crippen molar-refractivity contribution in [2.24, 2.45) is 5.41 Å². The highest BCUT2D eigenvalue weighted by Crippen LogP contribution is 2.40. The van der Waals surface area contributed by atoms with Crippen LogP contribution < -0.4 is 0 Å². The maximum Gasteiger partial charge on any atom is 0.139 e. The van der Waals surface area contributed by atoms with Crippen LogP contribution in [0.15, 0.2) is 30.3 Å². The molecule has 1 aromatic rings. The Hall–Kier alpha value is -1.37. The Morgan fingerprint density at radius 1 is 1.27 bits per heavy atom. The highest BCUT2D eigenvalue weighted by Gasteiger charge is 2.32. The van der Waals surface area contributed by atoms with E-state index < -0.39 is 0 Å². The highest BCUT2D eigenvalue weighted by atomic mass is 16.1. The topological polar surface area (TPSA) is 17.1 Å². The molecule has 0 amide bonds. The van der Waals surface area contributed by atoms with Gasteiger partial charge in [0, 0.05) is 5.41 Å². The average Bonchev–Trinajstić information content (AvgIpc) is 2.61. The fraction of sp³-hybridized carbons (Fsp3) is 0.357. The first-order valence-corrected chi connectivity index (χ1v) is 5.33. The number of rotatable bonds is 2. The molecule has 0 aromatic heterocycles. The summed E-state index contributed by atoms with van der Waals surface area (Å²) in [5.41, 5.74) is 3.41. The minimum atomic E-state index is -0.355. The quantitative estimate of drug-likeness (QED) is 0.716. The van der Waals surface area contributed by atoms with Gasteiger partial charge in [0.2, 0.25) is 0 Å². The van der Waals surface area contributed by atoms with Gasteiger partial charge in [-0.25, -0.2) is 0 Å². The molecule has 0 bridgehead atoms. The summed E-state index contributed by atoms with van der Waals surface area (Å²) >= 11 is 0. The molecule has 0 heterocycles. The van der Waals surface area contributed by atoms with Gasteiger partial charge >= 0.3 is 0 Å². The van der Waals surface area contributed by atoms with Crippen molar-refractivity contribution in [3.63, 3.8) is 0 Å². The molecule has 0 saturated heterocycles. The fourth-order valence-electron chi connectivity index (χ4n) is 2.06. The summed E-state index contributed by atoms with van der Waals surface area (Å²) in [5, 5.41) is 0. The first-order chi connectivity index (χ1) is 7.03. The lowest BCUT2D eigenvalue weighted by atomic mass is 9.78. The van der Waals surface area contributed by atoms with E-state index in [-0.39, 0.29) is 11.2 Å². The van der Waals surface area contributed by atoms with E-state index in [0.717, 1.165) is 6.42 Å². The minimum Gasteiger partial charge on any atom is -0.299 e. The molecule has 1 aliphatic rings. The third-order valence-electron chi connectivity index (χ3n) is 3.39. The number of Topliss-reactive ketones (excluding diaryl/α,β-unsaturated/α-hetero) is 1. The van der Waals surface area contributed by atoms with Crippen molar-refractivity contribution in [1.82, 2.24) is 0 Å². The second-order valence-corrected chi connectivity index (χ2v) is 4.66. The average molecular weight is 200 g/mol. The molecule has 1 aliphatic carbocycles. The van der Waals surface area contributed by atoms with Crippen molar-refractivity contribution in [2.45, 2.75) is 27.2 Å². The lowest BCUT2D eigenvalue weighted by Gasteiger charge is -2.24. The van der Waals surface area contributed by atoms with Crippen LogP contribution in [0.25, 0.3) is 5.57 Å². The summed E-state index contributed by atoms with van der Waals surface area (Å²) in [6.45, 7) is 5.67. The van der Waals surface area contributed by atoms with Crippen LogP contribution in [-0.4, -0.2) is 5.78 Å². The molecule has 0 unspecified atom stereocenters. The molecule has 1 aromatic carbocycles. The van der Waals surface area contributed by atoms with E-state index in [2.05, 4.69) is 24.3 Å². The summed E-state index contributed by atoms with van der Waals surface area (Å²) in [4.78, 5) is 11.6. The lowest BCUT2D eigenvalue weighted by Crippen LogP contribution is -2.22. The van der Waals surface area contributed by atoms with Crippen molar-refractivity contribution in [3.8, 4) is 0 Å². The number of ketones is 1. The Labute approximate surface area is 90.8 Å². The highest BCUT2D eigenvalue weighted by molar-refractivity contribution is 5.97. The third kappa shape index (κ3) is 1.52. The van der Waals surface area contributed by atoms with Gasteiger partial charge in [0.05, 0.1) is 0 Å². The van der Waals surface area contributed by atoms with Crippen LogP contribution in [0.3, 0.4) is 0 Å². The van der Waals surface area contributed by atoms with Gasteiger partial charge < -0.3 is 0 Å². The Kier molecular flexibility index (Phi) is 2.26. The predicted molar refractivity (Wildman–Crippen MR) is 62.6 cm³/mol. The van der Waals surface area contributed by atoms with Gasteiger partial charge in [0.15, 0.2) is 0 Å². The molecule has 2 rings (SSSR count). The Morgan fingerprint density at radius 2 is 1.93 bits per heavy atom. The molecule has 1 nitrogen and oxygen atoms in total. The number of hydrogen-bond acceptors (Lipinski definition) is 1. The SMILES string of the molecule is CC(=O)C(C)(C)C1=CCc2ccccc21. The van der Waals surface area contributed by atoms with Crippen LogP contribution in [0.4, 0.5) is 0 Å². The molecular formula is C14H16O. The summed E-state index contributed by atoms with van der Waals surface area (Å²) in [6.07, 6.45) is 3.15. The van der Waals surface area contributed by atoms with Crippen LogP contribution in [0.1, 0.15) is 31.9 Å². The largest absolute Gasteiger partial charge is 0.299 e. The molecule has 0 aliphatic heterocycles. The molecule has 0 N–H and O–H groups in total. The number of allylic oxidation sites excluding steroid dienone is 2. The van der Waals surface area contributed by atoms with Gasteiger partial charge in [0.1, 0.15) is 5.78 Å². The number of carbonyl (C=O) groups excluding carboxylic acids is 1. The van der Waals surface area contributed by atoms with Gasteiger partial charge in [-0.3, -0.25) is 4.79 Å². The van der Waals surface area contributed by atoms with Gasteiger partial charge in [-0.15, -0.1) is 0 Å². The van der Waals surface area contributed by atoms with Crippen LogP contribution >= 0.6 is 0 Å². The lowest BCUT2D eigenvalue weighted by molar-refractivity contribution is -0.122. The van der Waals surface area contributed by atoms with Crippen molar-refractivity contribution in [2.75, 3.05) is 0 Å². The molecule has 1 heteroatoms. The van der Waals surface area contributed by atoms with Crippen LogP contribution in [0, 0.1) is 5.41 Å². The van der Waals surface area contributed by atoms with Crippen LogP contribution in [-0.2, 0) is 11.2 Å². The van der Waals surface area contributed by atoms with Crippen LogP contribution in [0.5, 0.6) is 0 Å². The second-order valence-electron chi connectivity index (χ2n) is 4.66. The maximum absolute atomic E-state index is 11.6. The standard InChI is InChI=1S/C14H16O/c1-10(15)14(2,3)13-9-8-11-6-4-5-7-12(11)13/h4-7,9H,8H2,1-3H3. The van der Waals surface area contributed by atoms with Gasteiger partial charge in [-0.1, -0.05) is 30.3 Å². The van der Waals surface area contributed by atoms with E-state index in [4.69, 9.17) is 0 Å². The first kappa shape index (κ1) is 10.2. The molecular weight excluding hydrogens is 184 g/mol. The van der Waals surface area contributed by atoms with Crippen molar-refractivity contribution < 1.29 is 4.79 Å². The number of carbonyl (C=O) groups is 1. The normalized spacial score (nSPS) is 14.7. The first-order valence-electron chi connectivity index (χ1n) is 5.33. The maximum atomic E-state index is 11.6. The van der Waals surface area contributed by atoms with Gasteiger partial charge in [-0.2, -0.15) is 0 Å². The number of benzene rings is 1. The molecule has 0 fully saturated rings. The van der Waals surface area contributed by atoms with Crippen molar-refractivity contribution >= 4 is 11.4 Å².